The van der Waals surface area contributed by atoms with Crippen molar-refractivity contribution in [3.8, 4) is 0 Å². The summed E-state index contributed by atoms with van der Waals surface area (Å²) in [5.41, 5.74) is 3.36. The monoisotopic (exact) mass is 444 g/mol. The fraction of sp³-hybridized carbons (Fsp3) is 0.0625. The van der Waals surface area contributed by atoms with Crippen LogP contribution >= 0.6 is 0 Å². The van der Waals surface area contributed by atoms with Gasteiger partial charge in [-0.2, -0.15) is 0 Å². The molecule has 2 heteroatoms. The minimum absolute atomic E-state index is 0.516. The maximum absolute atomic E-state index is 11.4. The molecular formula is C32H28O2. The zero-order valence-corrected chi connectivity index (χ0v) is 18.9. The molecule has 0 saturated heterocycles. The maximum atomic E-state index is 11.4. The van der Waals surface area contributed by atoms with Gasteiger partial charge in [-0.1, -0.05) is 152 Å². The number of aliphatic hydroxyl groups is 2. The molecule has 0 fully saturated rings. The van der Waals surface area contributed by atoms with Crippen LogP contribution in [0.5, 0.6) is 0 Å². The number of benzene rings is 5. The van der Waals surface area contributed by atoms with E-state index < -0.39 is 11.7 Å². The molecule has 34 heavy (non-hydrogen) atoms. The zero-order valence-electron chi connectivity index (χ0n) is 18.9. The third-order valence-corrected chi connectivity index (χ3v) is 5.81. The van der Waals surface area contributed by atoms with E-state index in [1.165, 1.54) is 0 Å². The van der Waals surface area contributed by atoms with E-state index in [9.17, 15) is 10.2 Å². The Morgan fingerprint density at radius 3 is 0.882 bits per heavy atom. The Labute approximate surface area is 201 Å². The number of aliphatic hydroxyl groups excluding tert-OH is 1. The molecule has 0 saturated carbocycles. The average Bonchev–Trinajstić information content (AvgIpc) is 2.95. The normalized spacial score (nSPS) is 10.9. The van der Waals surface area contributed by atoms with Gasteiger partial charge in [0.05, 0.1) is 0 Å². The van der Waals surface area contributed by atoms with E-state index in [0.29, 0.717) is 0 Å². The van der Waals surface area contributed by atoms with Crippen LogP contribution in [0, 0.1) is 0 Å². The van der Waals surface area contributed by atoms with Gasteiger partial charge in [0.15, 0.2) is 0 Å². The third-order valence-electron chi connectivity index (χ3n) is 5.81. The van der Waals surface area contributed by atoms with Crippen molar-refractivity contribution in [2.24, 2.45) is 0 Å². The summed E-state index contributed by atoms with van der Waals surface area (Å²) < 4.78 is 0. The van der Waals surface area contributed by atoms with Gasteiger partial charge < -0.3 is 10.2 Å². The second kappa shape index (κ2) is 11.2. The molecular weight excluding hydrogens is 416 g/mol. The first-order valence-electron chi connectivity index (χ1n) is 11.4. The molecule has 0 unspecified atom stereocenters. The highest BCUT2D eigenvalue weighted by Gasteiger charge is 2.33. The van der Waals surface area contributed by atoms with Crippen LogP contribution in [-0.2, 0) is 5.60 Å². The number of rotatable bonds is 5. The summed E-state index contributed by atoms with van der Waals surface area (Å²) in [5, 5.41) is 21.4. The molecule has 0 atom stereocenters. The minimum atomic E-state index is -1.12. The molecule has 0 aliphatic carbocycles. The van der Waals surface area contributed by atoms with Gasteiger partial charge in [0.2, 0.25) is 0 Å². The molecule has 0 amide bonds. The van der Waals surface area contributed by atoms with Crippen molar-refractivity contribution in [1.29, 1.82) is 0 Å². The van der Waals surface area contributed by atoms with E-state index in [4.69, 9.17) is 0 Å². The smallest absolute Gasteiger partial charge is 0.140 e. The lowest BCUT2D eigenvalue weighted by Crippen LogP contribution is -2.28. The van der Waals surface area contributed by atoms with Crippen LogP contribution in [0.4, 0.5) is 0 Å². The molecule has 0 aromatic heterocycles. The first-order chi connectivity index (χ1) is 16.7. The Bertz CT molecular complexity index is 1100. The summed E-state index contributed by atoms with van der Waals surface area (Å²) >= 11 is 0. The van der Waals surface area contributed by atoms with Crippen LogP contribution in [0.1, 0.15) is 33.9 Å². The van der Waals surface area contributed by atoms with Crippen LogP contribution in [-0.4, -0.2) is 10.2 Å². The van der Waals surface area contributed by atoms with Crippen molar-refractivity contribution in [2.75, 3.05) is 0 Å². The molecule has 5 rings (SSSR count). The van der Waals surface area contributed by atoms with Gasteiger partial charge in [0.25, 0.3) is 0 Å². The summed E-state index contributed by atoms with van der Waals surface area (Å²) in [6, 6.07) is 48.7. The van der Waals surface area contributed by atoms with E-state index in [1.54, 1.807) is 0 Å². The van der Waals surface area contributed by atoms with E-state index in [2.05, 4.69) is 0 Å². The van der Waals surface area contributed by atoms with Gasteiger partial charge in [-0.15, -0.1) is 0 Å². The second-order valence-electron chi connectivity index (χ2n) is 8.03. The van der Waals surface area contributed by atoms with Crippen molar-refractivity contribution in [1.82, 2.24) is 0 Å². The van der Waals surface area contributed by atoms with Gasteiger partial charge in [-0.25, -0.2) is 0 Å². The first-order valence-corrected chi connectivity index (χ1v) is 11.4. The number of hydrogen-bond donors (Lipinski definition) is 2. The standard InChI is InChI=1S/C19H16O.C13H12O/c20-19(16-10-4-1-5-11-16,17-12-6-2-7-13-17)18-14-8-3-9-15-18;14-13(11-7-3-1-4-8-11)12-9-5-2-6-10-12/h1-15,20H;1-10,13-14H. The Morgan fingerprint density at radius 2 is 0.618 bits per heavy atom. The lowest BCUT2D eigenvalue weighted by Gasteiger charge is -2.30. The topological polar surface area (TPSA) is 40.5 Å². The van der Waals surface area contributed by atoms with Gasteiger partial charge in [-0.05, 0) is 27.8 Å². The van der Waals surface area contributed by atoms with Crippen LogP contribution in [0.15, 0.2) is 152 Å². The van der Waals surface area contributed by atoms with Gasteiger partial charge >= 0.3 is 0 Å². The molecule has 168 valence electrons. The van der Waals surface area contributed by atoms with Crippen molar-refractivity contribution in [2.45, 2.75) is 11.7 Å². The van der Waals surface area contributed by atoms with Gasteiger partial charge in [0, 0.05) is 0 Å². The zero-order chi connectivity index (χ0) is 23.6. The predicted molar refractivity (Wildman–Crippen MR) is 138 cm³/mol. The molecule has 5 aromatic carbocycles. The van der Waals surface area contributed by atoms with Crippen molar-refractivity contribution < 1.29 is 10.2 Å². The quantitative estimate of drug-likeness (QED) is 0.295. The van der Waals surface area contributed by atoms with Crippen LogP contribution in [0.2, 0.25) is 0 Å². The summed E-state index contributed by atoms with van der Waals surface area (Å²) in [7, 11) is 0. The Hall–Kier alpha value is -3.98. The van der Waals surface area contributed by atoms with Gasteiger partial charge in [0.1, 0.15) is 11.7 Å². The predicted octanol–water partition coefficient (Wildman–Crippen LogP) is 6.74. The minimum Gasteiger partial charge on any atom is -0.384 e. The SMILES string of the molecule is OC(c1ccccc1)(c1ccccc1)c1ccccc1.OC(c1ccccc1)c1ccccc1. The van der Waals surface area contributed by atoms with E-state index in [1.807, 2.05) is 152 Å². The highest BCUT2D eigenvalue weighted by atomic mass is 16.3. The fourth-order valence-corrected chi connectivity index (χ4v) is 4.00. The van der Waals surface area contributed by atoms with E-state index in [0.717, 1.165) is 27.8 Å². The molecule has 0 heterocycles. The molecule has 0 bridgehead atoms. The summed E-state index contributed by atoms with van der Waals surface area (Å²) in [6.07, 6.45) is -0.516. The lowest BCUT2D eigenvalue weighted by molar-refractivity contribution is 0.125. The lowest BCUT2D eigenvalue weighted by atomic mass is 9.80. The number of hydrogen-bond acceptors (Lipinski definition) is 2. The highest BCUT2D eigenvalue weighted by Crippen LogP contribution is 2.36. The highest BCUT2D eigenvalue weighted by molar-refractivity contribution is 5.46. The fourth-order valence-electron chi connectivity index (χ4n) is 4.00. The van der Waals surface area contributed by atoms with Crippen molar-refractivity contribution in [3.63, 3.8) is 0 Å². The van der Waals surface area contributed by atoms with Gasteiger partial charge in [-0.3, -0.25) is 0 Å². The summed E-state index contributed by atoms with van der Waals surface area (Å²) in [6.45, 7) is 0. The molecule has 2 N–H and O–H groups in total. The van der Waals surface area contributed by atoms with Crippen LogP contribution < -0.4 is 0 Å². The average molecular weight is 445 g/mol. The Balaban J connectivity index is 0.000000172. The van der Waals surface area contributed by atoms with Crippen molar-refractivity contribution in [3.05, 3.63) is 179 Å². The summed E-state index contributed by atoms with van der Waals surface area (Å²) in [5.74, 6) is 0. The van der Waals surface area contributed by atoms with E-state index >= 15 is 0 Å². The van der Waals surface area contributed by atoms with Crippen molar-refractivity contribution >= 4 is 0 Å². The van der Waals surface area contributed by atoms with E-state index in [-0.39, 0.29) is 0 Å². The maximum Gasteiger partial charge on any atom is 0.140 e. The first kappa shape index (κ1) is 23.2. The Morgan fingerprint density at radius 1 is 0.382 bits per heavy atom. The largest absolute Gasteiger partial charge is 0.384 e. The molecule has 2 nitrogen and oxygen atoms in total. The molecule has 0 radical (unpaired) electrons. The molecule has 0 aliphatic heterocycles. The second-order valence-corrected chi connectivity index (χ2v) is 8.03. The third kappa shape index (κ3) is 5.32. The van der Waals surface area contributed by atoms with Crippen LogP contribution in [0.3, 0.4) is 0 Å². The Kier molecular flexibility index (Phi) is 7.67. The molecule has 0 aliphatic rings. The van der Waals surface area contributed by atoms with Crippen LogP contribution in [0.25, 0.3) is 0 Å². The molecule has 0 spiro atoms. The molecule has 5 aromatic rings. The summed E-state index contributed by atoms with van der Waals surface area (Å²) in [4.78, 5) is 0.